The maximum atomic E-state index is 11.6. The first-order valence-electron chi connectivity index (χ1n) is 5.97. The Kier molecular flexibility index (Phi) is 3.85. The van der Waals surface area contributed by atoms with Crippen LogP contribution < -0.4 is 4.74 Å². The number of carbonyl (C=O) groups excluding carboxylic acids is 1. The Bertz CT molecular complexity index is 536. The van der Waals surface area contributed by atoms with Gasteiger partial charge in [-0.2, -0.15) is 0 Å². The van der Waals surface area contributed by atoms with Crippen LogP contribution in [0.4, 0.5) is 0 Å². The second-order valence-corrected chi connectivity index (χ2v) is 4.41. The van der Waals surface area contributed by atoms with E-state index in [1.807, 2.05) is 18.2 Å². The summed E-state index contributed by atoms with van der Waals surface area (Å²) in [6, 6.07) is 5.84. The number of carbonyl (C=O) groups is 2. The van der Waals surface area contributed by atoms with Crippen LogP contribution in [0.25, 0.3) is 0 Å². The van der Waals surface area contributed by atoms with Gasteiger partial charge in [0.05, 0.1) is 6.61 Å². The molecule has 5 nitrogen and oxygen atoms in total. The summed E-state index contributed by atoms with van der Waals surface area (Å²) in [6.07, 6.45) is 2.79. The average Bonchev–Trinajstić information content (AvgIpc) is 2.83. The Morgan fingerprint density at radius 2 is 2.21 bits per heavy atom. The number of hydrogen-bond donors (Lipinski definition) is 1. The molecule has 0 aromatic heterocycles. The van der Waals surface area contributed by atoms with E-state index in [1.54, 1.807) is 7.05 Å². The highest BCUT2D eigenvalue weighted by Crippen LogP contribution is 2.26. The Labute approximate surface area is 111 Å². The van der Waals surface area contributed by atoms with E-state index in [9.17, 15) is 9.59 Å². The fourth-order valence-electron chi connectivity index (χ4n) is 1.96. The van der Waals surface area contributed by atoms with Gasteiger partial charge in [-0.1, -0.05) is 12.1 Å². The normalized spacial score (nSPS) is 13.1. The molecule has 0 bridgehead atoms. The minimum atomic E-state index is -1.13. The van der Waals surface area contributed by atoms with Gasteiger partial charge < -0.3 is 14.7 Å². The van der Waals surface area contributed by atoms with Gasteiger partial charge >= 0.3 is 5.97 Å². The van der Waals surface area contributed by atoms with E-state index in [-0.39, 0.29) is 5.91 Å². The van der Waals surface area contributed by atoms with Crippen molar-refractivity contribution in [2.45, 2.75) is 13.0 Å². The highest BCUT2D eigenvalue weighted by atomic mass is 16.5. The van der Waals surface area contributed by atoms with Crippen molar-refractivity contribution < 1.29 is 19.4 Å². The minimum Gasteiger partial charge on any atom is -0.493 e. The molecule has 1 aliphatic heterocycles. The Balaban J connectivity index is 2.00. The lowest BCUT2D eigenvalue weighted by Crippen LogP contribution is -2.24. The fraction of sp³-hybridized carbons (Fsp3) is 0.286. The number of hydrogen-bond acceptors (Lipinski definition) is 3. The van der Waals surface area contributed by atoms with Crippen LogP contribution in [0.2, 0.25) is 0 Å². The highest BCUT2D eigenvalue weighted by Gasteiger charge is 2.13. The van der Waals surface area contributed by atoms with Crippen LogP contribution in [-0.4, -0.2) is 35.5 Å². The zero-order valence-electron chi connectivity index (χ0n) is 10.6. The summed E-state index contributed by atoms with van der Waals surface area (Å²) in [5.41, 5.74) is 2.16. The molecule has 19 heavy (non-hydrogen) atoms. The van der Waals surface area contributed by atoms with Gasteiger partial charge in [-0.15, -0.1) is 0 Å². The molecule has 1 amide bonds. The third-order valence-corrected chi connectivity index (χ3v) is 2.92. The first-order chi connectivity index (χ1) is 9.06. The molecule has 0 saturated carbocycles. The van der Waals surface area contributed by atoms with Crippen LogP contribution in [0, 0.1) is 0 Å². The summed E-state index contributed by atoms with van der Waals surface area (Å²) in [5.74, 6) is -0.556. The quantitative estimate of drug-likeness (QED) is 0.828. The van der Waals surface area contributed by atoms with Gasteiger partial charge in [-0.05, 0) is 17.2 Å². The van der Waals surface area contributed by atoms with E-state index in [4.69, 9.17) is 9.84 Å². The SMILES string of the molecule is CN(Cc1ccc2c(c1)CCO2)C(=O)/C=C/C(=O)O. The summed E-state index contributed by atoms with van der Waals surface area (Å²) in [7, 11) is 1.64. The third-order valence-electron chi connectivity index (χ3n) is 2.92. The number of fused-ring (bicyclic) bond motifs is 1. The number of rotatable bonds is 4. The van der Waals surface area contributed by atoms with Crippen LogP contribution in [0.3, 0.4) is 0 Å². The topological polar surface area (TPSA) is 66.8 Å². The maximum absolute atomic E-state index is 11.6. The molecular formula is C14H15NO4. The summed E-state index contributed by atoms with van der Waals surface area (Å²) in [5, 5.41) is 8.47. The van der Waals surface area contributed by atoms with Gasteiger partial charge in [-0.3, -0.25) is 4.79 Å². The molecule has 2 rings (SSSR count). The maximum Gasteiger partial charge on any atom is 0.328 e. The van der Waals surface area contributed by atoms with Gasteiger partial charge in [-0.25, -0.2) is 4.79 Å². The number of carboxylic acid groups (broad SMARTS) is 1. The molecule has 0 spiro atoms. The van der Waals surface area contributed by atoms with Gasteiger partial charge in [0, 0.05) is 32.2 Å². The molecule has 0 fully saturated rings. The van der Waals surface area contributed by atoms with Crippen molar-refractivity contribution in [1.82, 2.24) is 4.90 Å². The number of benzene rings is 1. The number of amides is 1. The monoisotopic (exact) mass is 261 g/mol. The summed E-state index contributed by atoms with van der Waals surface area (Å²) in [6.45, 7) is 1.14. The summed E-state index contributed by atoms with van der Waals surface area (Å²) in [4.78, 5) is 23.4. The predicted octanol–water partition coefficient (Wildman–Crippen LogP) is 1.22. The third kappa shape index (κ3) is 3.34. The van der Waals surface area contributed by atoms with E-state index in [1.165, 1.54) is 4.90 Å². The van der Waals surface area contributed by atoms with Gasteiger partial charge in [0.25, 0.3) is 0 Å². The van der Waals surface area contributed by atoms with Crippen LogP contribution in [-0.2, 0) is 22.6 Å². The molecule has 0 radical (unpaired) electrons. The standard InChI is InChI=1S/C14H15NO4/c1-15(13(16)4-5-14(17)18)9-10-2-3-12-11(8-10)6-7-19-12/h2-5,8H,6-7,9H2,1H3,(H,17,18)/b5-4+. The van der Waals surface area contributed by atoms with Gasteiger partial charge in [0.2, 0.25) is 5.91 Å². The van der Waals surface area contributed by atoms with Crippen LogP contribution >= 0.6 is 0 Å². The number of carboxylic acids is 1. The first kappa shape index (κ1) is 13.1. The molecule has 1 aliphatic rings. The van der Waals surface area contributed by atoms with Crippen LogP contribution in [0.15, 0.2) is 30.4 Å². The smallest absolute Gasteiger partial charge is 0.328 e. The second kappa shape index (κ2) is 5.56. The van der Waals surface area contributed by atoms with Crippen LogP contribution in [0.5, 0.6) is 5.75 Å². The Morgan fingerprint density at radius 3 is 2.95 bits per heavy atom. The van der Waals surface area contributed by atoms with Crippen molar-refractivity contribution in [3.05, 3.63) is 41.5 Å². The molecule has 0 unspecified atom stereocenters. The van der Waals surface area contributed by atoms with E-state index >= 15 is 0 Å². The molecule has 5 heteroatoms. The van der Waals surface area contributed by atoms with E-state index in [0.29, 0.717) is 13.2 Å². The van der Waals surface area contributed by atoms with Crippen molar-refractivity contribution in [2.75, 3.05) is 13.7 Å². The molecular weight excluding hydrogens is 246 g/mol. The van der Waals surface area contributed by atoms with Crippen LogP contribution in [0.1, 0.15) is 11.1 Å². The lowest BCUT2D eigenvalue weighted by Gasteiger charge is -2.15. The second-order valence-electron chi connectivity index (χ2n) is 4.41. The number of nitrogens with zero attached hydrogens (tertiary/aromatic N) is 1. The summed E-state index contributed by atoms with van der Waals surface area (Å²) < 4.78 is 5.41. The Hall–Kier alpha value is -2.30. The molecule has 0 aliphatic carbocycles. The fourth-order valence-corrected chi connectivity index (χ4v) is 1.96. The lowest BCUT2D eigenvalue weighted by atomic mass is 10.1. The van der Waals surface area contributed by atoms with Crippen molar-refractivity contribution in [3.63, 3.8) is 0 Å². The molecule has 1 aromatic carbocycles. The largest absolute Gasteiger partial charge is 0.493 e. The Morgan fingerprint density at radius 1 is 1.42 bits per heavy atom. The van der Waals surface area contributed by atoms with E-state index in [0.717, 1.165) is 35.4 Å². The minimum absolute atomic E-state index is 0.334. The lowest BCUT2D eigenvalue weighted by molar-refractivity contribution is -0.132. The molecule has 1 N–H and O–H groups in total. The number of aliphatic carboxylic acids is 1. The molecule has 100 valence electrons. The molecule has 1 heterocycles. The van der Waals surface area contributed by atoms with Gasteiger partial charge in [0.15, 0.2) is 0 Å². The average molecular weight is 261 g/mol. The zero-order valence-corrected chi connectivity index (χ0v) is 10.6. The van der Waals surface area contributed by atoms with Crippen molar-refractivity contribution in [1.29, 1.82) is 0 Å². The summed E-state index contributed by atoms with van der Waals surface area (Å²) >= 11 is 0. The predicted molar refractivity (Wildman–Crippen MR) is 68.9 cm³/mol. The number of likely N-dealkylation sites (N-methyl/N-ethyl adjacent to an activating group) is 1. The van der Waals surface area contributed by atoms with Crippen molar-refractivity contribution in [2.24, 2.45) is 0 Å². The van der Waals surface area contributed by atoms with E-state index < -0.39 is 5.97 Å². The van der Waals surface area contributed by atoms with E-state index in [2.05, 4.69) is 0 Å². The van der Waals surface area contributed by atoms with Gasteiger partial charge in [0.1, 0.15) is 5.75 Å². The molecule has 0 saturated heterocycles. The zero-order chi connectivity index (χ0) is 13.8. The van der Waals surface area contributed by atoms with Crippen molar-refractivity contribution in [3.8, 4) is 5.75 Å². The van der Waals surface area contributed by atoms with Crippen molar-refractivity contribution >= 4 is 11.9 Å². The highest BCUT2D eigenvalue weighted by molar-refractivity contribution is 5.93. The molecule has 1 aromatic rings. The number of ether oxygens (including phenoxy) is 1. The molecule has 0 atom stereocenters. The first-order valence-corrected chi connectivity index (χ1v) is 5.97.